The number of nitrogens with zero attached hydrogens (tertiary/aromatic N) is 2. The second-order valence-corrected chi connectivity index (χ2v) is 18.0. The molecule has 2 saturated heterocycles. The van der Waals surface area contributed by atoms with E-state index in [2.05, 4.69) is 20.4 Å². The van der Waals surface area contributed by atoms with Gasteiger partial charge in [0.15, 0.2) is 23.3 Å². The maximum Gasteiger partial charge on any atom is 0.159 e. The summed E-state index contributed by atoms with van der Waals surface area (Å²) in [6.07, 6.45) is 3.41. The zero-order valence-corrected chi connectivity index (χ0v) is 37.7. The molecule has 324 valence electrons. The minimum Gasteiger partial charge on any atom is -0.363 e. The van der Waals surface area contributed by atoms with Crippen molar-refractivity contribution in [2.45, 2.75) is 62.9 Å². The van der Waals surface area contributed by atoms with E-state index in [1.165, 1.54) is 12.1 Å². The number of piperidine rings is 2. The van der Waals surface area contributed by atoms with Crippen LogP contribution in [0.4, 0.5) is 28.9 Å². The van der Waals surface area contributed by atoms with Gasteiger partial charge >= 0.3 is 0 Å². The quantitative estimate of drug-likeness (QED) is 0.134. The third kappa shape index (κ3) is 11.9. The maximum atomic E-state index is 13.5. The lowest BCUT2D eigenvalue weighted by Gasteiger charge is -2.42. The van der Waals surface area contributed by atoms with E-state index in [1.807, 2.05) is 72.8 Å². The molecule has 0 aliphatic carbocycles. The Labute approximate surface area is 389 Å². The largest absolute Gasteiger partial charge is 0.363 e. The highest BCUT2D eigenvalue weighted by molar-refractivity contribution is 6.37. The first-order valence-corrected chi connectivity index (χ1v) is 22.4. The molecule has 2 heterocycles. The lowest BCUT2D eigenvalue weighted by molar-refractivity contribution is 0.359. The Morgan fingerprint density at radius 2 is 0.806 bits per heavy atom. The monoisotopic (exact) mass is 960 g/mol. The van der Waals surface area contributed by atoms with Crippen LogP contribution < -0.4 is 20.4 Å². The van der Waals surface area contributed by atoms with Crippen molar-refractivity contribution >= 4 is 81.0 Å². The first-order valence-electron chi connectivity index (χ1n) is 20.1. The van der Waals surface area contributed by atoms with E-state index < -0.39 is 23.3 Å². The summed E-state index contributed by atoms with van der Waals surface area (Å²) in [5.41, 5.74) is 5.56. The summed E-state index contributed by atoms with van der Waals surface area (Å²) < 4.78 is 53.4. The van der Waals surface area contributed by atoms with E-state index >= 15 is 0 Å². The predicted molar refractivity (Wildman–Crippen MR) is 248 cm³/mol. The fraction of sp³-hybridized carbons (Fsp3) is 0.250. The molecule has 2 aliphatic rings. The Hall–Kier alpha value is -3.70. The SMILES string of the molecule is Fc1ccc(CN[C@@H]2CCN(c3ccc(Cl)cc3Cl)[C@H](c3ccc(Cl)cc3)C2)cc1F.Fc1ccc(CN[C@H]2CCN(c3ccc(Cl)cc3Cl)[C@H](c3ccc(Cl)cc3)C2)cc1F. The van der Waals surface area contributed by atoms with Crippen LogP contribution in [-0.4, -0.2) is 25.2 Å². The third-order valence-corrected chi connectivity index (χ3v) is 12.9. The van der Waals surface area contributed by atoms with Gasteiger partial charge in [0.1, 0.15) is 0 Å². The van der Waals surface area contributed by atoms with Crippen molar-refractivity contribution in [3.05, 3.63) is 197 Å². The van der Waals surface area contributed by atoms with Crippen LogP contribution in [0.15, 0.2) is 121 Å². The van der Waals surface area contributed by atoms with E-state index in [9.17, 15) is 17.6 Å². The van der Waals surface area contributed by atoms with Gasteiger partial charge in [-0.2, -0.15) is 0 Å². The van der Waals surface area contributed by atoms with Crippen molar-refractivity contribution in [1.29, 1.82) is 0 Å². The van der Waals surface area contributed by atoms with Crippen LogP contribution in [0.2, 0.25) is 30.1 Å². The first-order chi connectivity index (χ1) is 29.8. The van der Waals surface area contributed by atoms with Gasteiger partial charge in [-0.25, -0.2) is 17.6 Å². The highest BCUT2D eigenvalue weighted by Gasteiger charge is 2.32. The predicted octanol–water partition coefficient (Wildman–Crippen LogP) is 14.8. The maximum absolute atomic E-state index is 13.5. The molecule has 4 atom stereocenters. The molecule has 0 radical (unpaired) electrons. The number of hydrogen-bond donors (Lipinski definition) is 2. The molecule has 8 rings (SSSR count). The lowest BCUT2D eigenvalue weighted by atomic mass is 9.91. The van der Waals surface area contributed by atoms with Crippen LogP contribution >= 0.6 is 69.6 Å². The lowest BCUT2D eigenvalue weighted by Crippen LogP contribution is -2.44. The van der Waals surface area contributed by atoms with Crippen LogP contribution in [0, 0.1) is 23.3 Å². The zero-order chi connectivity index (χ0) is 43.9. The number of halogens is 10. The van der Waals surface area contributed by atoms with Crippen molar-refractivity contribution in [3.63, 3.8) is 0 Å². The normalized spacial score (nSPS) is 18.9. The average Bonchev–Trinajstić information content (AvgIpc) is 3.25. The Kier molecular flexibility index (Phi) is 15.9. The van der Waals surface area contributed by atoms with Crippen LogP contribution in [-0.2, 0) is 13.1 Å². The van der Waals surface area contributed by atoms with Gasteiger partial charge in [-0.3, -0.25) is 0 Å². The molecule has 2 aliphatic heterocycles. The summed E-state index contributed by atoms with van der Waals surface area (Å²) >= 11 is 37.4. The molecule has 6 aromatic rings. The van der Waals surface area contributed by atoms with E-state index in [0.717, 1.165) is 73.4 Å². The number of nitrogens with one attached hydrogen (secondary N) is 2. The van der Waals surface area contributed by atoms with E-state index in [1.54, 1.807) is 24.3 Å². The van der Waals surface area contributed by atoms with Crippen LogP contribution in [0.25, 0.3) is 0 Å². The Bertz CT molecular complexity index is 2290. The summed E-state index contributed by atoms with van der Waals surface area (Å²) in [4.78, 5) is 4.58. The first kappa shape index (κ1) is 46.3. The molecule has 0 spiro atoms. The molecule has 2 N–H and O–H groups in total. The number of benzene rings is 6. The highest BCUT2D eigenvalue weighted by atomic mass is 35.5. The van der Waals surface area contributed by atoms with Gasteiger partial charge in [0, 0.05) is 58.4 Å². The topological polar surface area (TPSA) is 30.5 Å². The van der Waals surface area contributed by atoms with Crippen LogP contribution in [0.5, 0.6) is 0 Å². The molecule has 4 nitrogen and oxygen atoms in total. The van der Waals surface area contributed by atoms with E-state index in [0.29, 0.717) is 54.4 Å². The number of rotatable bonds is 10. The van der Waals surface area contributed by atoms with Crippen molar-refractivity contribution in [3.8, 4) is 0 Å². The molecule has 14 heteroatoms. The van der Waals surface area contributed by atoms with Gasteiger partial charge in [-0.1, -0.05) is 106 Å². The molecule has 0 saturated carbocycles. The average molecular weight is 964 g/mol. The minimum atomic E-state index is -0.834. The summed E-state index contributed by atoms with van der Waals surface area (Å²) in [6.45, 7) is 2.50. The van der Waals surface area contributed by atoms with Crippen molar-refractivity contribution in [2.24, 2.45) is 0 Å². The second-order valence-electron chi connectivity index (χ2n) is 15.4. The molecule has 0 bridgehead atoms. The van der Waals surface area contributed by atoms with Gasteiger partial charge in [-0.05, 0) is 133 Å². The zero-order valence-electron chi connectivity index (χ0n) is 33.2. The van der Waals surface area contributed by atoms with Crippen molar-refractivity contribution in [2.75, 3.05) is 22.9 Å². The smallest absolute Gasteiger partial charge is 0.159 e. The van der Waals surface area contributed by atoms with Crippen LogP contribution in [0.3, 0.4) is 0 Å². The second kappa shape index (κ2) is 21.3. The van der Waals surface area contributed by atoms with Gasteiger partial charge in [0.2, 0.25) is 0 Å². The molecule has 2 fully saturated rings. The highest BCUT2D eigenvalue weighted by Crippen LogP contribution is 2.41. The Morgan fingerprint density at radius 3 is 1.16 bits per heavy atom. The minimum absolute atomic E-state index is 0.0761. The fourth-order valence-corrected chi connectivity index (χ4v) is 9.42. The van der Waals surface area contributed by atoms with Gasteiger partial charge in [0.25, 0.3) is 0 Å². The molecule has 0 unspecified atom stereocenters. The fourth-order valence-electron chi connectivity index (χ4n) is 8.13. The summed E-state index contributed by atoms with van der Waals surface area (Å²) in [7, 11) is 0. The Morgan fingerprint density at radius 1 is 0.435 bits per heavy atom. The standard InChI is InChI=1S/2C24H21Cl3F2N2/c2*25-17-4-2-16(3-5-17)24-13-19(30-14-15-1-7-21(28)22(29)11-15)9-10-31(24)23-8-6-18(26)12-20(23)27/h2*1-8,11-12,19,24,30H,9-10,13-14H2/t19-,24+;19-,24-/m10/s1. The number of hydrogen-bond acceptors (Lipinski definition) is 4. The molecule has 0 amide bonds. The van der Waals surface area contributed by atoms with Gasteiger partial charge in [-0.15, -0.1) is 0 Å². The van der Waals surface area contributed by atoms with Gasteiger partial charge in [0.05, 0.1) is 33.5 Å². The molecule has 62 heavy (non-hydrogen) atoms. The van der Waals surface area contributed by atoms with Gasteiger partial charge < -0.3 is 20.4 Å². The molecular weight excluding hydrogens is 921 g/mol. The summed E-state index contributed by atoms with van der Waals surface area (Å²) in [6, 6.07) is 35.3. The molecular formula is C48H42Cl6F4N4. The number of anilines is 2. The summed E-state index contributed by atoms with van der Waals surface area (Å²) in [5, 5.41) is 10.8. The molecule has 6 aromatic carbocycles. The van der Waals surface area contributed by atoms with Crippen LogP contribution in [0.1, 0.15) is 60.0 Å². The third-order valence-electron chi connectivity index (χ3n) is 11.3. The molecule has 0 aromatic heterocycles. The Balaban J connectivity index is 0.000000186. The summed E-state index contributed by atoms with van der Waals surface area (Å²) in [5.74, 6) is -3.32. The van der Waals surface area contributed by atoms with Crippen molar-refractivity contribution < 1.29 is 17.6 Å². The van der Waals surface area contributed by atoms with E-state index in [4.69, 9.17) is 69.6 Å². The van der Waals surface area contributed by atoms with E-state index in [-0.39, 0.29) is 24.2 Å². The van der Waals surface area contributed by atoms with Crippen molar-refractivity contribution in [1.82, 2.24) is 10.6 Å².